The minimum absolute atomic E-state index is 0.108. The van der Waals surface area contributed by atoms with Gasteiger partial charge in [-0.2, -0.15) is 0 Å². The second-order valence-corrected chi connectivity index (χ2v) is 6.40. The highest BCUT2D eigenvalue weighted by Gasteiger charge is 2.30. The van der Waals surface area contributed by atoms with Crippen molar-refractivity contribution in [1.82, 2.24) is 9.80 Å². The van der Waals surface area contributed by atoms with Gasteiger partial charge in [0.1, 0.15) is 24.2 Å². The fourth-order valence-electron chi connectivity index (χ4n) is 2.02. The summed E-state index contributed by atoms with van der Waals surface area (Å²) in [6, 6.07) is 0.457. The van der Waals surface area contributed by atoms with E-state index < -0.39 is 0 Å². The molecule has 20 heavy (non-hydrogen) atoms. The lowest BCUT2D eigenvalue weighted by atomic mass is 10.3. The number of thioether (sulfide) groups is 1. The summed E-state index contributed by atoms with van der Waals surface area (Å²) >= 11 is 1.81. The summed E-state index contributed by atoms with van der Waals surface area (Å²) in [6.45, 7) is 8.40. The van der Waals surface area contributed by atoms with E-state index in [4.69, 9.17) is 9.47 Å². The quantitative estimate of drug-likeness (QED) is 0.776. The van der Waals surface area contributed by atoms with Crippen LogP contribution in [0, 0.1) is 0 Å². The van der Waals surface area contributed by atoms with Gasteiger partial charge in [0.25, 0.3) is 0 Å². The molecule has 0 aromatic heterocycles. The highest BCUT2D eigenvalue weighted by Crippen LogP contribution is 2.28. The number of nitrogens with zero attached hydrogens (tertiary/aromatic N) is 3. The molecule has 0 unspecified atom stereocenters. The SMILES string of the molecule is CCOC[C@H]1O[C@@H](N2C=CC(N(C)C(C)C)=NC2)CS1. The van der Waals surface area contributed by atoms with E-state index in [1.54, 1.807) is 0 Å². The molecule has 0 amide bonds. The van der Waals surface area contributed by atoms with Gasteiger partial charge in [0, 0.05) is 31.6 Å². The molecule has 0 aromatic carbocycles. The Morgan fingerprint density at radius 2 is 2.40 bits per heavy atom. The minimum Gasteiger partial charge on any atom is -0.378 e. The van der Waals surface area contributed by atoms with E-state index in [-0.39, 0.29) is 11.7 Å². The summed E-state index contributed by atoms with van der Waals surface area (Å²) in [5.41, 5.74) is 0.150. The molecule has 0 spiro atoms. The van der Waals surface area contributed by atoms with E-state index in [0.717, 1.165) is 18.2 Å². The average molecular weight is 299 g/mol. The van der Waals surface area contributed by atoms with Crippen LogP contribution in [-0.4, -0.2) is 66.0 Å². The Hall–Kier alpha value is -0.720. The molecule has 0 aliphatic carbocycles. The molecular formula is C14H25N3O2S. The number of aliphatic imine (C=N–C) groups is 1. The number of amidine groups is 1. The second-order valence-electron chi connectivity index (χ2n) is 5.21. The highest BCUT2D eigenvalue weighted by molar-refractivity contribution is 8.00. The molecule has 2 aliphatic rings. The van der Waals surface area contributed by atoms with Crippen LogP contribution in [-0.2, 0) is 9.47 Å². The zero-order chi connectivity index (χ0) is 14.5. The van der Waals surface area contributed by atoms with E-state index >= 15 is 0 Å². The van der Waals surface area contributed by atoms with Gasteiger partial charge in [-0.15, -0.1) is 11.8 Å². The zero-order valence-corrected chi connectivity index (χ0v) is 13.6. The van der Waals surface area contributed by atoms with Gasteiger partial charge in [0.05, 0.1) is 6.61 Å². The molecule has 0 aromatic rings. The third-order valence-corrected chi connectivity index (χ3v) is 4.61. The molecule has 5 nitrogen and oxygen atoms in total. The lowest BCUT2D eigenvalue weighted by Crippen LogP contribution is -2.39. The predicted octanol–water partition coefficient (Wildman–Crippen LogP) is 1.96. The predicted molar refractivity (Wildman–Crippen MR) is 83.8 cm³/mol. The van der Waals surface area contributed by atoms with Gasteiger partial charge < -0.3 is 19.3 Å². The molecule has 114 valence electrons. The normalized spacial score (nSPS) is 26.2. The molecule has 2 aliphatic heterocycles. The topological polar surface area (TPSA) is 37.3 Å². The third kappa shape index (κ3) is 3.90. The molecule has 1 fully saturated rings. The van der Waals surface area contributed by atoms with Crippen LogP contribution in [0.4, 0.5) is 0 Å². The van der Waals surface area contributed by atoms with Crippen molar-refractivity contribution < 1.29 is 9.47 Å². The van der Waals surface area contributed by atoms with Crippen LogP contribution in [0.1, 0.15) is 20.8 Å². The largest absolute Gasteiger partial charge is 0.378 e. The van der Waals surface area contributed by atoms with Crippen LogP contribution in [0.15, 0.2) is 17.3 Å². The molecule has 0 saturated carbocycles. The maximum Gasteiger partial charge on any atom is 0.142 e. The smallest absolute Gasteiger partial charge is 0.142 e. The number of likely N-dealkylation sites (N-methyl/N-ethyl adjacent to an activating group) is 1. The van der Waals surface area contributed by atoms with Crippen molar-refractivity contribution in [2.24, 2.45) is 4.99 Å². The number of rotatable bonds is 5. The lowest BCUT2D eigenvalue weighted by Gasteiger charge is -2.31. The molecule has 2 heterocycles. The number of ether oxygens (including phenoxy) is 2. The van der Waals surface area contributed by atoms with E-state index in [2.05, 4.69) is 48.0 Å². The van der Waals surface area contributed by atoms with Gasteiger partial charge in [0.15, 0.2) is 0 Å². The van der Waals surface area contributed by atoms with E-state index in [0.29, 0.717) is 19.3 Å². The Morgan fingerprint density at radius 3 is 3.00 bits per heavy atom. The summed E-state index contributed by atoms with van der Waals surface area (Å²) in [5, 5.41) is 0. The zero-order valence-electron chi connectivity index (χ0n) is 12.8. The van der Waals surface area contributed by atoms with Gasteiger partial charge in [-0.25, -0.2) is 4.99 Å². The Balaban J connectivity index is 1.82. The van der Waals surface area contributed by atoms with E-state index in [1.165, 1.54) is 0 Å². The van der Waals surface area contributed by atoms with Crippen molar-refractivity contribution in [3.05, 3.63) is 12.3 Å². The van der Waals surface area contributed by atoms with Gasteiger partial charge in [-0.3, -0.25) is 0 Å². The van der Waals surface area contributed by atoms with Crippen molar-refractivity contribution in [2.45, 2.75) is 38.5 Å². The van der Waals surface area contributed by atoms with Crippen LogP contribution < -0.4 is 0 Å². The van der Waals surface area contributed by atoms with Gasteiger partial charge >= 0.3 is 0 Å². The van der Waals surface area contributed by atoms with E-state index in [1.807, 2.05) is 18.7 Å². The first kappa shape index (κ1) is 15.7. The van der Waals surface area contributed by atoms with Gasteiger partial charge in [-0.05, 0) is 26.8 Å². The monoisotopic (exact) mass is 299 g/mol. The lowest BCUT2D eigenvalue weighted by molar-refractivity contribution is -0.0465. The van der Waals surface area contributed by atoms with Crippen LogP contribution in [0.25, 0.3) is 0 Å². The minimum atomic E-state index is 0.108. The first-order valence-electron chi connectivity index (χ1n) is 7.17. The Kier molecular flexibility index (Phi) is 5.74. The standard InChI is InChI=1S/C14H25N3O2S/c1-5-18-8-14-19-13(9-20-14)17-7-6-12(15-10-17)16(4)11(2)3/h6-7,11,13-14H,5,8-10H2,1-4H3/t13-,14+/m1/s1. The summed E-state index contributed by atoms with van der Waals surface area (Å²) in [4.78, 5) is 8.95. The Labute approximate surface area is 126 Å². The maximum absolute atomic E-state index is 5.98. The summed E-state index contributed by atoms with van der Waals surface area (Å²) in [6.07, 6.45) is 4.26. The second kappa shape index (κ2) is 7.33. The van der Waals surface area contributed by atoms with Crippen molar-refractivity contribution >= 4 is 17.6 Å². The fraction of sp³-hybridized carbons (Fsp3) is 0.786. The number of hydrogen-bond acceptors (Lipinski definition) is 6. The van der Waals surface area contributed by atoms with Crippen molar-refractivity contribution in [1.29, 1.82) is 0 Å². The summed E-state index contributed by atoms with van der Waals surface area (Å²) in [7, 11) is 2.07. The molecule has 2 atom stereocenters. The first-order valence-corrected chi connectivity index (χ1v) is 8.22. The summed E-state index contributed by atoms with van der Waals surface area (Å²) < 4.78 is 11.4. The van der Waals surface area contributed by atoms with Crippen LogP contribution >= 0.6 is 11.8 Å². The van der Waals surface area contributed by atoms with Crippen LogP contribution in [0.2, 0.25) is 0 Å². The molecule has 6 heteroatoms. The van der Waals surface area contributed by atoms with Crippen molar-refractivity contribution in [2.75, 3.05) is 32.7 Å². The molecule has 1 saturated heterocycles. The molecule has 0 N–H and O–H groups in total. The Bertz CT molecular complexity index is 373. The summed E-state index contributed by atoms with van der Waals surface area (Å²) in [5.74, 6) is 2.00. The van der Waals surface area contributed by atoms with Crippen molar-refractivity contribution in [3.8, 4) is 0 Å². The fourth-order valence-corrected chi connectivity index (χ4v) is 3.06. The third-order valence-electron chi connectivity index (χ3n) is 3.51. The molecule has 0 radical (unpaired) electrons. The molecular weight excluding hydrogens is 274 g/mol. The maximum atomic E-state index is 5.98. The number of hydrogen-bond donors (Lipinski definition) is 0. The van der Waals surface area contributed by atoms with Crippen LogP contribution in [0.5, 0.6) is 0 Å². The van der Waals surface area contributed by atoms with Crippen LogP contribution in [0.3, 0.4) is 0 Å². The van der Waals surface area contributed by atoms with E-state index in [9.17, 15) is 0 Å². The van der Waals surface area contributed by atoms with Gasteiger partial charge in [-0.1, -0.05) is 0 Å². The Morgan fingerprint density at radius 1 is 1.60 bits per heavy atom. The molecule has 2 rings (SSSR count). The van der Waals surface area contributed by atoms with Gasteiger partial charge in [0.2, 0.25) is 0 Å². The first-order chi connectivity index (χ1) is 9.61. The average Bonchev–Trinajstić information content (AvgIpc) is 2.93. The van der Waals surface area contributed by atoms with Crippen molar-refractivity contribution in [3.63, 3.8) is 0 Å². The molecule has 0 bridgehead atoms. The highest BCUT2D eigenvalue weighted by atomic mass is 32.2.